The van der Waals surface area contributed by atoms with Crippen molar-refractivity contribution >= 4 is 71.8 Å². The Kier molecular flexibility index (Phi) is 7.10. The van der Waals surface area contributed by atoms with Crippen LogP contribution in [0, 0.1) is 0 Å². The molecule has 0 spiro atoms. The van der Waals surface area contributed by atoms with Crippen molar-refractivity contribution in [2.75, 3.05) is 4.90 Å². The van der Waals surface area contributed by atoms with E-state index in [9.17, 15) is 0 Å². The highest BCUT2D eigenvalue weighted by molar-refractivity contribution is 6.10. The van der Waals surface area contributed by atoms with E-state index in [2.05, 4.69) is 149 Å². The predicted molar refractivity (Wildman–Crippen MR) is 225 cm³/mol. The molecule has 5 nitrogen and oxygen atoms in total. The molecule has 0 saturated heterocycles. The SMILES string of the molecule is c1ccc(-c2ccc(N(c3ccc(-c4nccc5c4oc4ccccc45)cc3)c3ccc(-c4cccc5c4oc4cccnc45)cc3)c3ccccc23)cc1. The maximum Gasteiger partial charge on any atom is 0.161 e. The van der Waals surface area contributed by atoms with Gasteiger partial charge >= 0.3 is 0 Å². The molecule has 0 saturated carbocycles. The molecule has 0 unspecified atom stereocenters. The Balaban J connectivity index is 1.06. The molecule has 0 N–H and O–H groups in total. The fourth-order valence-electron chi connectivity index (χ4n) is 8.04. The lowest BCUT2D eigenvalue weighted by molar-refractivity contribution is 0.668. The zero-order chi connectivity index (χ0) is 36.3. The minimum atomic E-state index is 0.786. The van der Waals surface area contributed by atoms with Gasteiger partial charge in [0, 0.05) is 56.4 Å². The molecule has 258 valence electrons. The minimum absolute atomic E-state index is 0.786. The van der Waals surface area contributed by atoms with Gasteiger partial charge < -0.3 is 13.7 Å². The third-order valence-corrected chi connectivity index (χ3v) is 10.6. The summed E-state index contributed by atoms with van der Waals surface area (Å²) in [5, 5.41) is 5.51. The zero-order valence-corrected chi connectivity index (χ0v) is 29.6. The van der Waals surface area contributed by atoms with E-state index in [1.165, 1.54) is 16.5 Å². The molecule has 11 rings (SSSR count). The van der Waals surface area contributed by atoms with Crippen LogP contribution in [0.2, 0.25) is 0 Å². The Morgan fingerprint density at radius 2 is 1.02 bits per heavy atom. The second kappa shape index (κ2) is 12.6. The third-order valence-electron chi connectivity index (χ3n) is 10.6. The van der Waals surface area contributed by atoms with Gasteiger partial charge in [-0.3, -0.25) is 9.97 Å². The van der Waals surface area contributed by atoms with Crippen LogP contribution in [0.3, 0.4) is 0 Å². The first-order valence-corrected chi connectivity index (χ1v) is 18.4. The van der Waals surface area contributed by atoms with Crippen molar-refractivity contribution in [2.45, 2.75) is 0 Å². The molecule has 4 aromatic heterocycles. The number of rotatable bonds is 6. The van der Waals surface area contributed by atoms with E-state index >= 15 is 0 Å². The first-order valence-electron chi connectivity index (χ1n) is 18.4. The number of furan rings is 2. The number of pyridine rings is 2. The maximum atomic E-state index is 6.36. The summed E-state index contributed by atoms with van der Waals surface area (Å²) in [6.45, 7) is 0. The smallest absolute Gasteiger partial charge is 0.161 e. The number of anilines is 3. The van der Waals surface area contributed by atoms with Gasteiger partial charge in [0.2, 0.25) is 0 Å². The number of benzene rings is 7. The Labute approximate surface area is 316 Å². The maximum absolute atomic E-state index is 6.36. The monoisotopic (exact) mass is 705 g/mol. The summed E-state index contributed by atoms with van der Waals surface area (Å²) in [4.78, 5) is 11.7. The molecule has 0 aliphatic rings. The molecule has 0 aliphatic carbocycles. The summed E-state index contributed by atoms with van der Waals surface area (Å²) in [5.41, 5.74) is 13.6. The van der Waals surface area contributed by atoms with E-state index < -0.39 is 0 Å². The fraction of sp³-hybridized carbons (Fsp3) is 0. The van der Waals surface area contributed by atoms with Gasteiger partial charge in [-0.05, 0) is 82.7 Å². The average Bonchev–Trinajstić information content (AvgIpc) is 3.84. The molecular formula is C50H31N3O2. The molecule has 0 aliphatic heterocycles. The Hall–Kier alpha value is -7.50. The first kappa shape index (κ1) is 31.1. The van der Waals surface area contributed by atoms with Crippen molar-refractivity contribution in [3.63, 3.8) is 0 Å². The second-order valence-corrected chi connectivity index (χ2v) is 13.7. The van der Waals surface area contributed by atoms with Crippen molar-refractivity contribution < 1.29 is 8.83 Å². The van der Waals surface area contributed by atoms with E-state index in [0.29, 0.717) is 0 Å². The van der Waals surface area contributed by atoms with Gasteiger partial charge in [-0.15, -0.1) is 0 Å². The van der Waals surface area contributed by atoms with Gasteiger partial charge in [0.05, 0.1) is 5.69 Å². The van der Waals surface area contributed by atoms with Crippen LogP contribution >= 0.6 is 0 Å². The van der Waals surface area contributed by atoms with Gasteiger partial charge in [0.15, 0.2) is 11.2 Å². The highest BCUT2D eigenvalue weighted by Crippen LogP contribution is 2.44. The van der Waals surface area contributed by atoms with Crippen LogP contribution in [-0.2, 0) is 0 Å². The van der Waals surface area contributed by atoms with Gasteiger partial charge in [-0.2, -0.15) is 0 Å². The molecule has 0 atom stereocenters. The summed E-state index contributed by atoms with van der Waals surface area (Å²) in [6.07, 6.45) is 3.68. The Bertz CT molecular complexity index is 3040. The van der Waals surface area contributed by atoms with Crippen molar-refractivity contribution in [2.24, 2.45) is 0 Å². The van der Waals surface area contributed by atoms with Gasteiger partial charge in [-0.25, -0.2) is 0 Å². The minimum Gasteiger partial charge on any atom is -0.454 e. The van der Waals surface area contributed by atoms with Crippen molar-refractivity contribution in [3.8, 4) is 33.5 Å². The van der Waals surface area contributed by atoms with Crippen LogP contribution in [0.1, 0.15) is 0 Å². The highest BCUT2D eigenvalue weighted by Gasteiger charge is 2.20. The van der Waals surface area contributed by atoms with Crippen molar-refractivity contribution in [1.82, 2.24) is 9.97 Å². The summed E-state index contributed by atoms with van der Waals surface area (Å²) in [5.74, 6) is 0. The van der Waals surface area contributed by atoms with Gasteiger partial charge in [-0.1, -0.05) is 115 Å². The molecule has 55 heavy (non-hydrogen) atoms. The lowest BCUT2D eigenvalue weighted by Crippen LogP contribution is -2.10. The van der Waals surface area contributed by atoms with Gasteiger partial charge in [0.25, 0.3) is 0 Å². The Morgan fingerprint density at radius 3 is 1.84 bits per heavy atom. The zero-order valence-electron chi connectivity index (χ0n) is 29.6. The van der Waals surface area contributed by atoms with Crippen molar-refractivity contribution in [1.29, 1.82) is 0 Å². The Morgan fingerprint density at radius 1 is 0.364 bits per heavy atom. The van der Waals surface area contributed by atoms with Crippen molar-refractivity contribution in [3.05, 3.63) is 188 Å². The van der Waals surface area contributed by atoms with Crippen LogP contribution < -0.4 is 4.90 Å². The topological polar surface area (TPSA) is 55.3 Å². The quantitative estimate of drug-likeness (QED) is 0.172. The predicted octanol–water partition coefficient (Wildman–Crippen LogP) is 13.9. The van der Waals surface area contributed by atoms with Crippen LogP contribution in [0.15, 0.2) is 197 Å². The molecule has 7 aromatic carbocycles. The number of aromatic nitrogens is 2. The molecule has 0 radical (unpaired) electrons. The first-order chi connectivity index (χ1) is 27.3. The van der Waals surface area contributed by atoms with E-state index in [-0.39, 0.29) is 0 Å². The summed E-state index contributed by atoms with van der Waals surface area (Å²) in [6, 6.07) is 61.4. The molecule has 0 fully saturated rings. The molecule has 0 bridgehead atoms. The van der Waals surface area contributed by atoms with E-state index in [1.54, 1.807) is 0 Å². The van der Waals surface area contributed by atoms with E-state index in [1.807, 2.05) is 48.8 Å². The molecule has 5 heteroatoms. The standard InChI is InChI=1S/C50H31N3O2/c1-2-10-32(11-3-1)37-27-28-44(40-13-5-4-12-39(37)40)53(35-23-19-33(20-24-35)38-15-8-16-43-48-46(55-49(38)43)18-9-30-51-48)36-25-21-34(22-26-36)47-50-42(29-31-52-47)41-14-6-7-17-45(41)54-50/h1-31H. The summed E-state index contributed by atoms with van der Waals surface area (Å²) < 4.78 is 12.7. The number of hydrogen-bond acceptors (Lipinski definition) is 5. The molecule has 11 aromatic rings. The lowest BCUT2D eigenvalue weighted by Gasteiger charge is -2.28. The largest absolute Gasteiger partial charge is 0.454 e. The number of para-hydroxylation sites is 2. The van der Waals surface area contributed by atoms with Gasteiger partial charge in [0.1, 0.15) is 22.4 Å². The lowest BCUT2D eigenvalue weighted by atomic mass is 9.96. The average molecular weight is 706 g/mol. The molecular weight excluding hydrogens is 675 g/mol. The van der Waals surface area contributed by atoms with Crippen LogP contribution in [0.5, 0.6) is 0 Å². The molecule has 0 amide bonds. The number of fused-ring (bicyclic) bond motifs is 7. The summed E-state index contributed by atoms with van der Waals surface area (Å²) >= 11 is 0. The normalized spacial score (nSPS) is 11.6. The fourth-order valence-corrected chi connectivity index (χ4v) is 8.04. The van der Waals surface area contributed by atoms with Crippen LogP contribution in [0.25, 0.3) is 88.3 Å². The summed E-state index contributed by atoms with van der Waals surface area (Å²) in [7, 11) is 0. The van der Waals surface area contributed by atoms with Crippen LogP contribution in [-0.4, -0.2) is 9.97 Å². The van der Waals surface area contributed by atoms with E-state index in [4.69, 9.17) is 13.8 Å². The van der Waals surface area contributed by atoms with E-state index in [0.717, 1.165) is 88.8 Å². The number of nitrogens with zero attached hydrogens (tertiary/aromatic N) is 3. The van der Waals surface area contributed by atoms with Crippen LogP contribution in [0.4, 0.5) is 17.1 Å². The molecule has 4 heterocycles. The highest BCUT2D eigenvalue weighted by atomic mass is 16.3. The third kappa shape index (κ3) is 5.09. The second-order valence-electron chi connectivity index (χ2n) is 13.7. The number of hydrogen-bond donors (Lipinski definition) is 0.